The van der Waals surface area contributed by atoms with Crippen molar-refractivity contribution in [3.8, 4) is 0 Å². The number of piperazine rings is 1. The fraction of sp³-hybridized carbons (Fsp3) is 0.357. The fourth-order valence-electron chi connectivity index (χ4n) is 2.04. The maximum absolute atomic E-state index is 10.6. The zero-order valence-electron chi connectivity index (χ0n) is 10.7. The van der Waals surface area contributed by atoms with Crippen molar-refractivity contribution in [1.29, 1.82) is 0 Å². The van der Waals surface area contributed by atoms with Crippen LogP contribution in [0.15, 0.2) is 30.3 Å². The zero-order chi connectivity index (χ0) is 13.0. The van der Waals surface area contributed by atoms with Crippen molar-refractivity contribution in [2.45, 2.75) is 0 Å². The average Bonchev–Trinajstić information content (AvgIpc) is 2.38. The molecule has 1 fully saturated rings. The Morgan fingerprint density at radius 2 is 1.78 bits per heavy atom. The van der Waals surface area contributed by atoms with E-state index in [1.165, 1.54) is 11.8 Å². The van der Waals surface area contributed by atoms with E-state index < -0.39 is 5.91 Å². The van der Waals surface area contributed by atoms with Gasteiger partial charge in [-0.2, -0.15) is 0 Å². The molecule has 0 unspecified atom stereocenters. The number of nitrogens with zero attached hydrogens (tertiary/aromatic N) is 2. The van der Waals surface area contributed by atoms with Gasteiger partial charge in [0.2, 0.25) is 5.91 Å². The van der Waals surface area contributed by atoms with Crippen molar-refractivity contribution in [2.75, 3.05) is 38.1 Å². The number of primary amides is 1. The summed E-state index contributed by atoms with van der Waals surface area (Å²) in [7, 11) is 2.15. The summed E-state index contributed by atoms with van der Waals surface area (Å²) in [4.78, 5) is 15.4. The summed E-state index contributed by atoms with van der Waals surface area (Å²) in [5.74, 6) is -0.418. The van der Waals surface area contributed by atoms with E-state index in [0.29, 0.717) is 0 Å². The van der Waals surface area contributed by atoms with E-state index in [2.05, 4.69) is 29.0 Å². The molecule has 96 valence electrons. The van der Waals surface area contributed by atoms with Crippen molar-refractivity contribution < 1.29 is 4.79 Å². The summed E-state index contributed by atoms with van der Waals surface area (Å²) >= 11 is 0. The molecular weight excluding hydrogens is 226 g/mol. The quantitative estimate of drug-likeness (QED) is 0.806. The van der Waals surface area contributed by atoms with Gasteiger partial charge in [0.15, 0.2) is 0 Å². The average molecular weight is 245 g/mol. The van der Waals surface area contributed by atoms with Gasteiger partial charge in [-0.25, -0.2) is 0 Å². The van der Waals surface area contributed by atoms with Crippen LogP contribution in [0.4, 0.5) is 5.69 Å². The summed E-state index contributed by atoms with van der Waals surface area (Å²) in [6, 6.07) is 8.19. The first-order chi connectivity index (χ1) is 8.65. The van der Waals surface area contributed by atoms with E-state index in [-0.39, 0.29) is 0 Å². The van der Waals surface area contributed by atoms with Crippen LogP contribution in [0.1, 0.15) is 5.56 Å². The smallest absolute Gasteiger partial charge is 0.241 e. The van der Waals surface area contributed by atoms with Crippen LogP contribution in [-0.4, -0.2) is 44.0 Å². The predicted molar refractivity (Wildman–Crippen MR) is 74.4 cm³/mol. The molecule has 2 rings (SSSR count). The number of carbonyl (C=O) groups is 1. The molecule has 0 saturated carbocycles. The molecule has 2 N–H and O–H groups in total. The minimum absolute atomic E-state index is 0.418. The van der Waals surface area contributed by atoms with E-state index in [1.54, 1.807) is 6.08 Å². The van der Waals surface area contributed by atoms with Crippen LogP contribution in [-0.2, 0) is 4.79 Å². The van der Waals surface area contributed by atoms with Crippen molar-refractivity contribution in [3.05, 3.63) is 35.9 Å². The van der Waals surface area contributed by atoms with E-state index in [9.17, 15) is 4.79 Å². The first-order valence-corrected chi connectivity index (χ1v) is 6.16. The molecule has 1 aromatic rings. The predicted octanol–water partition coefficient (Wildman–Crippen LogP) is 0.937. The molecule has 0 bridgehead atoms. The third-order valence-corrected chi connectivity index (χ3v) is 3.20. The molecule has 0 aliphatic carbocycles. The Balaban J connectivity index is 2.01. The Hall–Kier alpha value is -1.81. The van der Waals surface area contributed by atoms with Crippen LogP contribution < -0.4 is 10.6 Å². The first kappa shape index (κ1) is 12.6. The molecule has 1 aliphatic rings. The van der Waals surface area contributed by atoms with Gasteiger partial charge in [0.1, 0.15) is 0 Å². The highest BCUT2D eigenvalue weighted by molar-refractivity contribution is 5.90. The summed E-state index contributed by atoms with van der Waals surface area (Å²) in [5.41, 5.74) is 7.29. The molecule has 4 heteroatoms. The van der Waals surface area contributed by atoms with Gasteiger partial charge in [0.05, 0.1) is 0 Å². The normalized spacial score (nSPS) is 17.3. The molecule has 18 heavy (non-hydrogen) atoms. The third-order valence-electron chi connectivity index (χ3n) is 3.20. The van der Waals surface area contributed by atoms with E-state index >= 15 is 0 Å². The third kappa shape index (κ3) is 3.34. The van der Waals surface area contributed by atoms with Crippen LogP contribution in [0, 0.1) is 0 Å². The van der Waals surface area contributed by atoms with Gasteiger partial charge >= 0.3 is 0 Å². The minimum Gasteiger partial charge on any atom is -0.369 e. The van der Waals surface area contributed by atoms with Crippen LogP contribution >= 0.6 is 0 Å². The van der Waals surface area contributed by atoms with Gasteiger partial charge in [-0.05, 0) is 30.8 Å². The van der Waals surface area contributed by atoms with Crippen LogP contribution in [0.5, 0.6) is 0 Å². The highest BCUT2D eigenvalue weighted by atomic mass is 16.1. The Labute approximate surface area is 108 Å². The second kappa shape index (κ2) is 5.69. The van der Waals surface area contributed by atoms with Crippen molar-refractivity contribution in [1.82, 2.24) is 4.90 Å². The lowest BCUT2D eigenvalue weighted by Gasteiger charge is -2.34. The van der Waals surface area contributed by atoms with Gasteiger partial charge in [-0.3, -0.25) is 4.79 Å². The largest absolute Gasteiger partial charge is 0.369 e. The monoisotopic (exact) mass is 245 g/mol. The lowest BCUT2D eigenvalue weighted by atomic mass is 10.1. The maximum atomic E-state index is 10.6. The van der Waals surface area contributed by atoms with Crippen LogP contribution in [0.3, 0.4) is 0 Å². The highest BCUT2D eigenvalue weighted by Crippen LogP contribution is 2.17. The molecular formula is C14H19N3O. The topological polar surface area (TPSA) is 49.6 Å². The number of likely N-dealkylation sites (N-methyl/N-ethyl adjacent to an activating group) is 1. The standard InChI is InChI=1S/C14H19N3O/c1-16-8-10-17(11-9-16)13-5-2-12(3-6-13)4-7-14(15)18/h2-7H,8-11H2,1H3,(H2,15,18)/b7-4+. The number of amides is 1. The Morgan fingerprint density at radius 1 is 1.17 bits per heavy atom. The summed E-state index contributed by atoms with van der Waals surface area (Å²) in [6.07, 6.45) is 3.11. The van der Waals surface area contributed by atoms with Crippen molar-refractivity contribution in [3.63, 3.8) is 0 Å². The Bertz CT molecular complexity index is 431. The summed E-state index contributed by atoms with van der Waals surface area (Å²) < 4.78 is 0. The molecule has 0 spiro atoms. The van der Waals surface area contributed by atoms with E-state index in [1.807, 2.05) is 12.1 Å². The van der Waals surface area contributed by atoms with E-state index in [0.717, 1.165) is 31.7 Å². The zero-order valence-corrected chi connectivity index (χ0v) is 10.7. The number of rotatable bonds is 3. The molecule has 1 aliphatic heterocycles. The number of benzene rings is 1. The van der Waals surface area contributed by atoms with Crippen molar-refractivity contribution in [2.24, 2.45) is 5.73 Å². The number of carbonyl (C=O) groups excluding carboxylic acids is 1. The summed E-state index contributed by atoms with van der Waals surface area (Å²) in [5, 5.41) is 0. The van der Waals surface area contributed by atoms with Gasteiger partial charge < -0.3 is 15.5 Å². The second-order valence-corrected chi connectivity index (χ2v) is 4.62. The molecule has 1 amide bonds. The molecule has 1 aromatic carbocycles. The number of nitrogens with two attached hydrogens (primary N) is 1. The van der Waals surface area contributed by atoms with E-state index in [4.69, 9.17) is 5.73 Å². The van der Waals surface area contributed by atoms with Crippen LogP contribution in [0.25, 0.3) is 6.08 Å². The first-order valence-electron chi connectivity index (χ1n) is 6.16. The lowest BCUT2D eigenvalue weighted by molar-refractivity contribution is -0.113. The number of anilines is 1. The van der Waals surface area contributed by atoms with Crippen molar-refractivity contribution >= 4 is 17.7 Å². The fourth-order valence-corrected chi connectivity index (χ4v) is 2.04. The van der Waals surface area contributed by atoms with Gasteiger partial charge in [-0.15, -0.1) is 0 Å². The second-order valence-electron chi connectivity index (χ2n) is 4.62. The molecule has 0 aromatic heterocycles. The molecule has 0 radical (unpaired) electrons. The van der Waals surface area contributed by atoms with Gasteiger partial charge in [0.25, 0.3) is 0 Å². The Morgan fingerprint density at radius 3 is 2.33 bits per heavy atom. The van der Waals surface area contributed by atoms with Gasteiger partial charge in [-0.1, -0.05) is 12.1 Å². The number of hydrogen-bond donors (Lipinski definition) is 1. The summed E-state index contributed by atoms with van der Waals surface area (Å²) in [6.45, 7) is 4.33. The highest BCUT2D eigenvalue weighted by Gasteiger charge is 2.13. The Kier molecular flexibility index (Phi) is 3.99. The molecule has 1 saturated heterocycles. The SMILES string of the molecule is CN1CCN(c2ccc(/C=C/C(N)=O)cc2)CC1. The molecule has 4 nitrogen and oxygen atoms in total. The molecule has 0 atom stereocenters. The minimum atomic E-state index is -0.418. The number of hydrogen-bond acceptors (Lipinski definition) is 3. The van der Waals surface area contributed by atoms with Gasteiger partial charge in [0, 0.05) is 37.9 Å². The molecule has 1 heterocycles. The maximum Gasteiger partial charge on any atom is 0.241 e. The lowest BCUT2D eigenvalue weighted by Crippen LogP contribution is -2.44. The van der Waals surface area contributed by atoms with Crippen LogP contribution in [0.2, 0.25) is 0 Å².